The Kier molecular flexibility index (Phi) is 4.16. The van der Waals surface area contributed by atoms with Crippen LogP contribution in [0.4, 0.5) is 5.69 Å². The van der Waals surface area contributed by atoms with Crippen LogP contribution in [0.2, 0.25) is 10.0 Å². The normalized spacial score (nSPS) is 18.3. The number of anilines is 1. The third-order valence-electron chi connectivity index (χ3n) is 3.46. The van der Waals surface area contributed by atoms with Crippen LogP contribution in [0.1, 0.15) is 16.5 Å². The van der Waals surface area contributed by atoms with Crippen LogP contribution in [0.3, 0.4) is 0 Å². The van der Waals surface area contributed by atoms with E-state index in [9.17, 15) is 4.79 Å². The van der Waals surface area contributed by atoms with Crippen LogP contribution in [0.5, 0.6) is 0 Å². The first-order valence-electron chi connectivity index (χ1n) is 6.51. The molecule has 0 saturated carbocycles. The second-order valence-corrected chi connectivity index (χ2v) is 6.82. The fourth-order valence-corrected chi connectivity index (χ4v) is 3.79. The SMILES string of the molecule is Cc1ccc(N2C(=O)CS[C@H]2c2ccc(Cl)cc2)cc1Cl. The van der Waals surface area contributed by atoms with Crippen molar-refractivity contribution in [1.82, 2.24) is 0 Å². The molecule has 21 heavy (non-hydrogen) atoms. The van der Waals surface area contributed by atoms with Crippen LogP contribution in [0.15, 0.2) is 42.5 Å². The van der Waals surface area contributed by atoms with E-state index >= 15 is 0 Å². The molecule has 1 fully saturated rings. The highest BCUT2D eigenvalue weighted by Crippen LogP contribution is 2.42. The number of carbonyl (C=O) groups is 1. The van der Waals surface area contributed by atoms with E-state index in [2.05, 4.69) is 0 Å². The first-order chi connectivity index (χ1) is 10.1. The van der Waals surface area contributed by atoms with E-state index < -0.39 is 0 Å². The molecule has 0 unspecified atom stereocenters. The minimum atomic E-state index is -0.0338. The van der Waals surface area contributed by atoms with Gasteiger partial charge in [-0.05, 0) is 42.3 Å². The van der Waals surface area contributed by atoms with Gasteiger partial charge in [0.05, 0.1) is 5.75 Å². The minimum absolute atomic E-state index is 0.0338. The van der Waals surface area contributed by atoms with Gasteiger partial charge >= 0.3 is 0 Å². The third kappa shape index (κ3) is 2.91. The highest BCUT2D eigenvalue weighted by molar-refractivity contribution is 8.00. The quantitative estimate of drug-likeness (QED) is 0.761. The molecule has 0 radical (unpaired) electrons. The summed E-state index contributed by atoms with van der Waals surface area (Å²) in [6, 6.07) is 13.3. The lowest BCUT2D eigenvalue weighted by Gasteiger charge is -2.24. The first kappa shape index (κ1) is 14.8. The maximum absolute atomic E-state index is 12.3. The topological polar surface area (TPSA) is 20.3 Å². The van der Waals surface area contributed by atoms with Gasteiger partial charge in [0.2, 0.25) is 5.91 Å². The van der Waals surface area contributed by atoms with E-state index in [1.165, 1.54) is 0 Å². The van der Waals surface area contributed by atoms with Crippen LogP contribution >= 0.6 is 35.0 Å². The Morgan fingerprint density at radius 2 is 1.86 bits per heavy atom. The molecule has 5 heteroatoms. The van der Waals surface area contributed by atoms with Gasteiger partial charge in [-0.15, -0.1) is 11.8 Å². The van der Waals surface area contributed by atoms with Gasteiger partial charge in [0, 0.05) is 15.7 Å². The number of carbonyl (C=O) groups excluding carboxylic acids is 1. The Bertz CT molecular complexity index is 687. The number of thioether (sulfide) groups is 1. The second kappa shape index (κ2) is 5.91. The average Bonchev–Trinajstić information content (AvgIpc) is 2.85. The van der Waals surface area contributed by atoms with E-state index in [1.807, 2.05) is 49.4 Å². The van der Waals surface area contributed by atoms with Crippen LogP contribution in [-0.2, 0) is 4.79 Å². The second-order valence-electron chi connectivity index (χ2n) is 4.91. The number of hydrogen-bond donors (Lipinski definition) is 0. The molecule has 0 aliphatic carbocycles. The number of nitrogens with zero attached hydrogens (tertiary/aromatic N) is 1. The van der Waals surface area contributed by atoms with E-state index in [4.69, 9.17) is 23.2 Å². The molecular weight excluding hydrogens is 325 g/mol. The van der Waals surface area contributed by atoms with Crippen molar-refractivity contribution in [3.05, 3.63) is 63.6 Å². The summed E-state index contributed by atoms with van der Waals surface area (Å²) in [5.41, 5.74) is 2.90. The number of aryl methyl sites for hydroxylation is 1. The summed E-state index contributed by atoms with van der Waals surface area (Å²) in [6.45, 7) is 1.95. The van der Waals surface area contributed by atoms with Gasteiger partial charge < -0.3 is 0 Å². The van der Waals surface area contributed by atoms with E-state index in [0.717, 1.165) is 16.8 Å². The fourth-order valence-electron chi connectivity index (χ4n) is 2.31. The molecule has 0 N–H and O–H groups in total. The number of benzene rings is 2. The van der Waals surface area contributed by atoms with E-state index in [1.54, 1.807) is 16.7 Å². The van der Waals surface area contributed by atoms with Crippen LogP contribution in [0.25, 0.3) is 0 Å². The molecule has 1 aliphatic heterocycles. The van der Waals surface area contributed by atoms with Crippen LogP contribution < -0.4 is 4.90 Å². The Labute approximate surface area is 138 Å². The molecule has 1 heterocycles. The van der Waals surface area contributed by atoms with Gasteiger partial charge in [-0.25, -0.2) is 0 Å². The van der Waals surface area contributed by atoms with Gasteiger partial charge in [0.1, 0.15) is 5.37 Å². The van der Waals surface area contributed by atoms with Gasteiger partial charge in [0.25, 0.3) is 0 Å². The Morgan fingerprint density at radius 1 is 1.14 bits per heavy atom. The molecule has 2 aromatic rings. The maximum Gasteiger partial charge on any atom is 0.238 e. The predicted molar refractivity (Wildman–Crippen MR) is 90.3 cm³/mol. The molecule has 3 rings (SSSR count). The highest BCUT2D eigenvalue weighted by atomic mass is 35.5. The van der Waals surface area contributed by atoms with Crippen molar-refractivity contribution in [2.45, 2.75) is 12.3 Å². The summed E-state index contributed by atoms with van der Waals surface area (Å²) in [7, 11) is 0. The summed E-state index contributed by atoms with van der Waals surface area (Å²) in [4.78, 5) is 14.1. The molecule has 1 atom stereocenters. The van der Waals surface area contributed by atoms with Crippen molar-refractivity contribution in [2.75, 3.05) is 10.7 Å². The summed E-state index contributed by atoms with van der Waals surface area (Å²) in [5, 5.41) is 1.33. The van der Waals surface area contributed by atoms with Crippen molar-refractivity contribution >= 4 is 46.6 Å². The third-order valence-corrected chi connectivity index (χ3v) is 5.33. The molecule has 0 spiro atoms. The predicted octanol–water partition coefficient (Wildman–Crippen LogP) is 5.08. The number of rotatable bonds is 2. The van der Waals surface area contributed by atoms with Crippen LogP contribution in [0, 0.1) is 6.92 Å². The lowest BCUT2D eigenvalue weighted by atomic mass is 10.1. The van der Waals surface area contributed by atoms with Crippen molar-refractivity contribution in [2.24, 2.45) is 0 Å². The van der Waals surface area contributed by atoms with Crippen LogP contribution in [-0.4, -0.2) is 11.7 Å². The zero-order chi connectivity index (χ0) is 15.0. The fraction of sp³-hybridized carbons (Fsp3) is 0.188. The van der Waals surface area contributed by atoms with E-state index in [-0.39, 0.29) is 11.3 Å². The van der Waals surface area contributed by atoms with Gasteiger partial charge in [-0.3, -0.25) is 9.69 Å². The van der Waals surface area contributed by atoms with Gasteiger partial charge in [-0.1, -0.05) is 41.4 Å². The van der Waals surface area contributed by atoms with Crippen molar-refractivity contribution < 1.29 is 4.79 Å². The molecule has 108 valence electrons. The summed E-state index contributed by atoms with van der Waals surface area (Å²) >= 11 is 13.7. The smallest absolute Gasteiger partial charge is 0.238 e. The molecule has 2 aromatic carbocycles. The molecule has 0 aromatic heterocycles. The standard InChI is InChI=1S/C16H13Cl2NOS/c1-10-2-7-13(8-14(10)18)19-15(20)9-21-16(19)11-3-5-12(17)6-4-11/h2-8,16H,9H2,1H3/t16-/m0/s1. The minimum Gasteiger partial charge on any atom is -0.295 e. The summed E-state index contributed by atoms with van der Waals surface area (Å²) in [5.74, 6) is 0.568. The molecule has 1 saturated heterocycles. The maximum atomic E-state index is 12.3. The summed E-state index contributed by atoms with van der Waals surface area (Å²) in [6.07, 6.45) is 0. The first-order valence-corrected chi connectivity index (χ1v) is 8.32. The van der Waals surface area contributed by atoms with Crippen molar-refractivity contribution in [1.29, 1.82) is 0 Å². The Hall–Kier alpha value is -1.16. The number of halogens is 2. The molecule has 0 bridgehead atoms. The molecule has 1 aliphatic rings. The highest BCUT2D eigenvalue weighted by Gasteiger charge is 2.34. The molecular formula is C16H13Cl2NOS. The zero-order valence-electron chi connectivity index (χ0n) is 11.3. The Morgan fingerprint density at radius 3 is 2.52 bits per heavy atom. The number of hydrogen-bond acceptors (Lipinski definition) is 2. The monoisotopic (exact) mass is 337 g/mol. The van der Waals surface area contributed by atoms with Gasteiger partial charge in [0.15, 0.2) is 0 Å². The zero-order valence-corrected chi connectivity index (χ0v) is 13.7. The Balaban J connectivity index is 1.99. The lowest BCUT2D eigenvalue weighted by Crippen LogP contribution is -2.27. The van der Waals surface area contributed by atoms with Gasteiger partial charge in [-0.2, -0.15) is 0 Å². The summed E-state index contributed by atoms with van der Waals surface area (Å²) < 4.78 is 0. The number of amides is 1. The van der Waals surface area contributed by atoms with Crippen molar-refractivity contribution in [3.8, 4) is 0 Å². The largest absolute Gasteiger partial charge is 0.295 e. The lowest BCUT2D eigenvalue weighted by molar-refractivity contribution is -0.115. The van der Waals surface area contributed by atoms with E-state index in [0.29, 0.717) is 15.8 Å². The van der Waals surface area contributed by atoms with Crippen molar-refractivity contribution in [3.63, 3.8) is 0 Å². The average molecular weight is 338 g/mol. The molecule has 1 amide bonds. The molecule has 2 nitrogen and oxygen atoms in total.